The van der Waals surface area contributed by atoms with E-state index in [0.29, 0.717) is 0 Å². The van der Waals surface area contributed by atoms with Gasteiger partial charge < -0.3 is 55.1 Å². The van der Waals surface area contributed by atoms with Gasteiger partial charge in [0, 0.05) is 0 Å². The summed E-state index contributed by atoms with van der Waals surface area (Å²) in [5.74, 6) is 0. The lowest BCUT2D eigenvalue weighted by atomic mass is 9.97. The predicted molar refractivity (Wildman–Crippen MR) is 68.6 cm³/mol. The van der Waals surface area contributed by atoms with Crippen LogP contribution in [0.1, 0.15) is 0 Å². The Kier molecular flexibility index (Phi) is 6.27. The van der Waals surface area contributed by atoms with Gasteiger partial charge in [0.2, 0.25) is 0 Å². The van der Waals surface area contributed by atoms with E-state index >= 15 is 0 Å². The van der Waals surface area contributed by atoms with Gasteiger partial charge in [0.15, 0.2) is 12.6 Å². The maximum Gasteiger partial charge on any atom is 0.187 e. The van der Waals surface area contributed by atoms with E-state index in [1.165, 1.54) is 0 Å². The van der Waals surface area contributed by atoms with Gasteiger partial charge in [-0.15, -0.1) is 0 Å². The molecular weight excluding hydrogens is 320 g/mol. The molecule has 11 heteroatoms. The van der Waals surface area contributed by atoms with Gasteiger partial charge in [-0.25, -0.2) is 0 Å². The Morgan fingerprint density at radius 2 is 1.26 bits per heavy atom. The molecule has 2 aliphatic heterocycles. The summed E-state index contributed by atoms with van der Waals surface area (Å²) < 4.78 is 15.3. The first-order chi connectivity index (χ1) is 10.8. The van der Waals surface area contributed by atoms with Gasteiger partial charge in [-0.2, -0.15) is 0 Å². The van der Waals surface area contributed by atoms with Gasteiger partial charge in [-0.3, -0.25) is 0 Å². The molecule has 0 aliphatic carbocycles. The first-order valence-electron chi connectivity index (χ1n) is 7.08. The van der Waals surface area contributed by atoms with Crippen LogP contribution in [0.25, 0.3) is 0 Å². The quantitative estimate of drug-likeness (QED) is 0.243. The fourth-order valence-electron chi connectivity index (χ4n) is 2.57. The molecule has 0 spiro atoms. The van der Waals surface area contributed by atoms with Gasteiger partial charge in [0.05, 0.1) is 13.2 Å². The summed E-state index contributed by atoms with van der Waals surface area (Å²) in [6.07, 6.45) is -15.6. The SMILES string of the molecule is OC[C@@H]1O[C@H](O)[C@H](O)[C@H](O)[C@H]1O[C@@H]1O[C@H](CO)[C@@H](O)[C@H](O)[C@H]1O. The van der Waals surface area contributed by atoms with Gasteiger partial charge in [0.1, 0.15) is 48.8 Å². The Hall–Kier alpha value is -0.440. The van der Waals surface area contributed by atoms with Crippen molar-refractivity contribution in [3.8, 4) is 0 Å². The second kappa shape index (κ2) is 7.63. The van der Waals surface area contributed by atoms with Gasteiger partial charge in [-0.1, -0.05) is 0 Å². The Morgan fingerprint density at radius 1 is 0.652 bits per heavy atom. The summed E-state index contributed by atoms with van der Waals surface area (Å²) in [5, 5.41) is 76.5. The first-order valence-corrected chi connectivity index (χ1v) is 7.08. The lowest BCUT2D eigenvalue weighted by molar-refractivity contribution is -0.355. The molecule has 0 aromatic heterocycles. The third-order valence-electron chi connectivity index (χ3n) is 3.98. The second-order valence-electron chi connectivity index (χ2n) is 5.53. The molecule has 0 aromatic rings. The molecule has 2 saturated heterocycles. The second-order valence-corrected chi connectivity index (χ2v) is 5.53. The molecule has 0 saturated carbocycles. The number of hydrogen-bond acceptors (Lipinski definition) is 11. The molecule has 136 valence electrons. The Balaban J connectivity index is 2.11. The van der Waals surface area contributed by atoms with Crippen LogP contribution >= 0.6 is 0 Å². The first kappa shape index (κ1) is 18.9. The Morgan fingerprint density at radius 3 is 1.83 bits per heavy atom. The molecule has 2 heterocycles. The van der Waals surface area contributed by atoms with Gasteiger partial charge in [0.25, 0.3) is 0 Å². The Bertz CT molecular complexity index is 378. The summed E-state index contributed by atoms with van der Waals surface area (Å²) in [6.45, 7) is -1.35. The highest BCUT2D eigenvalue weighted by Gasteiger charge is 2.50. The van der Waals surface area contributed by atoms with E-state index in [1.54, 1.807) is 0 Å². The fraction of sp³-hybridized carbons (Fsp3) is 1.00. The Labute approximate surface area is 130 Å². The molecule has 8 N–H and O–H groups in total. The van der Waals surface area contributed by atoms with E-state index in [-0.39, 0.29) is 0 Å². The van der Waals surface area contributed by atoms with Crippen LogP contribution in [0.5, 0.6) is 0 Å². The molecule has 0 bridgehead atoms. The molecular formula is C12H22O11. The van der Waals surface area contributed by atoms with E-state index in [1.807, 2.05) is 0 Å². The van der Waals surface area contributed by atoms with Crippen molar-refractivity contribution in [1.29, 1.82) is 0 Å². The fourth-order valence-corrected chi connectivity index (χ4v) is 2.57. The minimum Gasteiger partial charge on any atom is -0.394 e. The molecule has 0 amide bonds. The maximum atomic E-state index is 9.94. The number of hydrogen-bond donors (Lipinski definition) is 8. The van der Waals surface area contributed by atoms with Crippen molar-refractivity contribution in [1.82, 2.24) is 0 Å². The molecule has 23 heavy (non-hydrogen) atoms. The summed E-state index contributed by atoms with van der Waals surface area (Å²) >= 11 is 0. The normalized spacial score (nSPS) is 51.7. The van der Waals surface area contributed by atoms with Crippen LogP contribution in [0.4, 0.5) is 0 Å². The molecule has 10 atom stereocenters. The summed E-state index contributed by atoms with van der Waals surface area (Å²) in [5.41, 5.74) is 0. The largest absolute Gasteiger partial charge is 0.394 e. The van der Waals surface area contributed by atoms with Crippen molar-refractivity contribution in [2.24, 2.45) is 0 Å². The van der Waals surface area contributed by atoms with Crippen molar-refractivity contribution in [3.05, 3.63) is 0 Å². The van der Waals surface area contributed by atoms with E-state index < -0.39 is 74.6 Å². The molecule has 2 aliphatic rings. The standard InChI is InChI=1S/C12H22O11/c13-1-3-5(15)6(16)9(19)12(22-3)23-10-4(2-14)21-11(20)8(18)7(10)17/h3-20H,1-2H2/t3-,4+,5-,6+,7+,8-,9-,10+,11+,12+/m1/s1. The van der Waals surface area contributed by atoms with Crippen molar-refractivity contribution < 1.29 is 55.1 Å². The minimum absolute atomic E-state index is 0.667. The van der Waals surface area contributed by atoms with Crippen LogP contribution < -0.4 is 0 Å². The third kappa shape index (κ3) is 3.65. The van der Waals surface area contributed by atoms with Crippen LogP contribution in [0.2, 0.25) is 0 Å². The molecule has 0 radical (unpaired) electrons. The van der Waals surface area contributed by atoms with E-state index in [2.05, 4.69) is 0 Å². The molecule has 0 aromatic carbocycles. The zero-order valence-electron chi connectivity index (χ0n) is 12.0. The average Bonchev–Trinajstić information content (AvgIpc) is 2.55. The highest BCUT2D eigenvalue weighted by atomic mass is 16.7. The molecule has 2 rings (SSSR count). The van der Waals surface area contributed by atoms with Crippen LogP contribution in [-0.2, 0) is 14.2 Å². The smallest absolute Gasteiger partial charge is 0.187 e. The molecule has 2 fully saturated rings. The van der Waals surface area contributed by atoms with Crippen molar-refractivity contribution in [2.75, 3.05) is 13.2 Å². The zero-order chi connectivity index (χ0) is 17.3. The van der Waals surface area contributed by atoms with Gasteiger partial charge in [-0.05, 0) is 0 Å². The highest BCUT2D eigenvalue weighted by Crippen LogP contribution is 2.28. The number of aliphatic hydroxyl groups is 8. The van der Waals surface area contributed by atoms with E-state index in [4.69, 9.17) is 19.3 Å². The molecule has 0 unspecified atom stereocenters. The highest BCUT2D eigenvalue weighted by molar-refractivity contribution is 4.93. The average molecular weight is 342 g/mol. The van der Waals surface area contributed by atoms with Crippen molar-refractivity contribution in [3.63, 3.8) is 0 Å². The monoisotopic (exact) mass is 342 g/mol. The third-order valence-corrected chi connectivity index (χ3v) is 3.98. The lowest BCUT2D eigenvalue weighted by Gasteiger charge is -2.45. The number of rotatable bonds is 4. The van der Waals surface area contributed by atoms with Crippen molar-refractivity contribution >= 4 is 0 Å². The summed E-state index contributed by atoms with van der Waals surface area (Å²) in [4.78, 5) is 0. The van der Waals surface area contributed by atoms with E-state index in [9.17, 15) is 35.7 Å². The molecule has 11 nitrogen and oxygen atoms in total. The van der Waals surface area contributed by atoms with Crippen LogP contribution in [0.15, 0.2) is 0 Å². The zero-order valence-corrected chi connectivity index (χ0v) is 12.0. The number of aliphatic hydroxyl groups excluding tert-OH is 8. The predicted octanol–water partition coefficient (Wildman–Crippen LogP) is -5.40. The van der Waals surface area contributed by atoms with Gasteiger partial charge >= 0.3 is 0 Å². The maximum absolute atomic E-state index is 9.94. The van der Waals surface area contributed by atoms with Crippen LogP contribution in [0, 0.1) is 0 Å². The van der Waals surface area contributed by atoms with Crippen molar-refractivity contribution in [2.45, 2.75) is 61.4 Å². The summed E-state index contributed by atoms with van der Waals surface area (Å²) in [7, 11) is 0. The summed E-state index contributed by atoms with van der Waals surface area (Å²) in [6, 6.07) is 0. The van der Waals surface area contributed by atoms with Crippen LogP contribution in [-0.4, -0.2) is 115 Å². The topological polar surface area (TPSA) is 190 Å². The number of ether oxygens (including phenoxy) is 3. The minimum atomic E-state index is -1.74. The van der Waals surface area contributed by atoms with Crippen LogP contribution in [0.3, 0.4) is 0 Å². The van der Waals surface area contributed by atoms with E-state index in [0.717, 1.165) is 0 Å². The lowest BCUT2D eigenvalue weighted by Crippen LogP contribution is -2.64.